The molecular formula is C8H10FN5O. The van der Waals surface area contributed by atoms with Gasteiger partial charge >= 0.3 is 0 Å². The predicted octanol–water partition coefficient (Wildman–Crippen LogP) is -0.0716. The molecule has 0 aromatic carbocycles. The van der Waals surface area contributed by atoms with Gasteiger partial charge in [0.15, 0.2) is 11.2 Å². The molecule has 7 heteroatoms. The van der Waals surface area contributed by atoms with Crippen molar-refractivity contribution >= 4 is 17.1 Å². The molecule has 15 heavy (non-hydrogen) atoms. The first-order valence-electron chi connectivity index (χ1n) is 4.40. The fourth-order valence-corrected chi connectivity index (χ4v) is 1.34. The highest BCUT2D eigenvalue weighted by Gasteiger charge is 2.12. The van der Waals surface area contributed by atoms with Gasteiger partial charge in [0.05, 0.1) is 19.0 Å². The van der Waals surface area contributed by atoms with Crippen molar-refractivity contribution in [2.45, 2.75) is 19.6 Å². The summed E-state index contributed by atoms with van der Waals surface area (Å²) in [4.78, 5) is 11.0. The van der Waals surface area contributed by atoms with E-state index in [9.17, 15) is 9.50 Å². The average molecular weight is 211 g/mol. The van der Waals surface area contributed by atoms with Crippen LogP contribution in [0.5, 0.6) is 0 Å². The standard InChI is InChI=1S/C8H10FN5O/c1-4(15)2-14-3-11-5-6(9)12-8(10)13-7(5)14/h3-4,15H,2H2,1H3,(H2,10,12,13). The van der Waals surface area contributed by atoms with Crippen LogP contribution in [0.25, 0.3) is 11.2 Å². The number of hydrogen-bond acceptors (Lipinski definition) is 5. The average Bonchev–Trinajstić information content (AvgIpc) is 2.48. The lowest BCUT2D eigenvalue weighted by Crippen LogP contribution is -2.11. The summed E-state index contributed by atoms with van der Waals surface area (Å²) < 4.78 is 14.8. The van der Waals surface area contributed by atoms with Crippen LogP contribution in [0.4, 0.5) is 10.3 Å². The number of aliphatic hydroxyl groups is 1. The maximum atomic E-state index is 13.2. The van der Waals surface area contributed by atoms with Crippen LogP contribution in [0.3, 0.4) is 0 Å². The van der Waals surface area contributed by atoms with Crippen molar-refractivity contribution in [1.29, 1.82) is 0 Å². The van der Waals surface area contributed by atoms with Crippen molar-refractivity contribution in [3.8, 4) is 0 Å². The van der Waals surface area contributed by atoms with Crippen molar-refractivity contribution in [2.75, 3.05) is 5.73 Å². The number of nitrogen functional groups attached to an aromatic ring is 1. The molecule has 2 rings (SSSR count). The highest BCUT2D eigenvalue weighted by atomic mass is 19.1. The Morgan fingerprint density at radius 2 is 2.33 bits per heavy atom. The molecule has 2 aromatic heterocycles. The van der Waals surface area contributed by atoms with Crippen molar-refractivity contribution in [1.82, 2.24) is 19.5 Å². The minimum atomic E-state index is -0.748. The molecule has 0 saturated carbocycles. The van der Waals surface area contributed by atoms with E-state index in [1.807, 2.05) is 0 Å². The normalized spacial score (nSPS) is 13.3. The summed E-state index contributed by atoms with van der Waals surface area (Å²) in [6, 6.07) is 0. The number of hydrogen-bond donors (Lipinski definition) is 2. The Labute approximate surface area is 84.6 Å². The smallest absolute Gasteiger partial charge is 0.245 e. The van der Waals surface area contributed by atoms with Gasteiger partial charge in [-0.05, 0) is 6.92 Å². The molecule has 1 atom stereocenters. The summed E-state index contributed by atoms with van der Waals surface area (Å²) in [5.41, 5.74) is 5.67. The van der Waals surface area contributed by atoms with Crippen LogP contribution in [0.1, 0.15) is 6.92 Å². The molecule has 6 nitrogen and oxygen atoms in total. The number of imidazole rings is 1. The van der Waals surface area contributed by atoms with E-state index in [1.54, 1.807) is 6.92 Å². The number of anilines is 1. The van der Waals surface area contributed by atoms with Crippen molar-refractivity contribution < 1.29 is 9.50 Å². The van der Waals surface area contributed by atoms with E-state index in [0.717, 1.165) is 0 Å². The third kappa shape index (κ3) is 1.73. The Morgan fingerprint density at radius 1 is 1.60 bits per heavy atom. The Balaban J connectivity index is 2.58. The molecule has 2 heterocycles. The largest absolute Gasteiger partial charge is 0.392 e. The first-order chi connectivity index (χ1) is 7.08. The van der Waals surface area contributed by atoms with Gasteiger partial charge in [0.25, 0.3) is 0 Å². The van der Waals surface area contributed by atoms with Crippen LogP contribution in [0, 0.1) is 5.95 Å². The zero-order valence-corrected chi connectivity index (χ0v) is 8.05. The lowest BCUT2D eigenvalue weighted by Gasteiger charge is -2.05. The van der Waals surface area contributed by atoms with E-state index in [1.165, 1.54) is 10.9 Å². The van der Waals surface area contributed by atoms with Crippen LogP contribution in [0.2, 0.25) is 0 Å². The van der Waals surface area contributed by atoms with E-state index in [2.05, 4.69) is 15.0 Å². The lowest BCUT2D eigenvalue weighted by molar-refractivity contribution is 0.175. The highest BCUT2D eigenvalue weighted by molar-refractivity contribution is 5.71. The van der Waals surface area contributed by atoms with Gasteiger partial charge in [-0.3, -0.25) is 0 Å². The summed E-state index contributed by atoms with van der Waals surface area (Å²) in [5.74, 6) is -0.894. The fourth-order valence-electron chi connectivity index (χ4n) is 1.34. The molecular weight excluding hydrogens is 201 g/mol. The Kier molecular flexibility index (Phi) is 2.24. The lowest BCUT2D eigenvalue weighted by atomic mass is 10.4. The van der Waals surface area contributed by atoms with E-state index in [0.29, 0.717) is 5.65 Å². The summed E-state index contributed by atoms with van der Waals surface area (Å²) in [7, 11) is 0. The number of halogens is 1. The molecule has 0 aliphatic heterocycles. The van der Waals surface area contributed by atoms with E-state index in [-0.39, 0.29) is 18.0 Å². The zero-order chi connectivity index (χ0) is 11.0. The van der Waals surface area contributed by atoms with Gasteiger partial charge in [0.1, 0.15) is 0 Å². The topological polar surface area (TPSA) is 89.8 Å². The molecule has 0 spiro atoms. The van der Waals surface area contributed by atoms with Gasteiger partial charge in [-0.25, -0.2) is 4.98 Å². The summed E-state index contributed by atoms with van der Waals surface area (Å²) >= 11 is 0. The van der Waals surface area contributed by atoms with Gasteiger partial charge in [-0.15, -0.1) is 0 Å². The van der Waals surface area contributed by atoms with Crippen LogP contribution >= 0.6 is 0 Å². The van der Waals surface area contributed by atoms with Gasteiger partial charge in [-0.1, -0.05) is 0 Å². The van der Waals surface area contributed by atoms with Gasteiger partial charge in [0, 0.05) is 0 Å². The molecule has 0 saturated heterocycles. The van der Waals surface area contributed by atoms with Crippen LogP contribution in [0.15, 0.2) is 6.33 Å². The van der Waals surface area contributed by atoms with Gasteiger partial charge in [-0.2, -0.15) is 14.4 Å². The molecule has 80 valence electrons. The van der Waals surface area contributed by atoms with E-state index >= 15 is 0 Å². The molecule has 0 aliphatic carbocycles. The fraction of sp³-hybridized carbons (Fsp3) is 0.375. The summed E-state index contributed by atoms with van der Waals surface area (Å²) in [6.07, 6.45) is 0.829. The number of fused-ring (bicyclic) bond motifs is 1. The molecule has 0 amide bonds. The van der Waals surface area contributed by atoms with Crippen LogP contribution in [-0.4, -0.2) is 30.7 Å². The molecule has 2 aromatic rings. The molecule has 0 fully saturated rings. The van der Waals surface area contributed by atoms with E-state index in [4.69, 9.17) is 5.73 Å². The maximum Gasteiger partial charge on any atom is 0.245 e. The number of aliphatic hydroxyl groups excluding tert-OH is 1. The minimum absolute atomic E-state index is 0.0600. The third-order valence-electron chi connectivity index (χ3n) is 1.90. The zero-order valence-electron chi connectivity index (χ0n) is 8.05. The molecule has 3 N–H and O–H groups in total. The Bertz CT molecular complexity index is 495. The highest BCUT2D eigenvalue weighted by Crippen LogP contribution is 2.14. The number of rotatable bonds is 2. The predicted molar refractivity (Wildman–Crippen MR) is 51.4 cm³/mol. The Morgan fingerprint density at radius 3 is 3.00 bits per heavy atom. The van der Waals surface area contributed by atoms with E-state index < -0.39 is 12.1 Å². The third-order valence-corrected chi connectivity index (χ3v) is 1.90. The Hall–Kier alpha value is -1.76. The first kappa shape index (κ1) is 9.78. The van der Waals surface area contributed by atoms with Crippen molar-refractivity contribution in [3.05, 3.63) is 12.3 Å². The SMILES string of the molecule is CC(O)Cn1cnc2c(F)nc(N)nc21. The monoisotopic (exact) mass is 211 g/mol. The summed E-state index contributed by atoms with van der Waals surface area (Å²) in [6.45, 7) is 1.90. The summed E-state index contributed by atoms with van der Waals surface area (Å²) in [5, 5.41) is 9.21. The second-order valence-electron chi connectivity index (χ2n) is 3.29. The molecule has 1 unspecified atom stereocenters. The second kappa shape index (κ2) is 3.43. The number of nitrogens with zero attached hydrogens (tertiary/aromatic N) is 4. The van der Waals surface area contributed by atoms with Gasteiger partial charge < -0.3 is 15.4 Å². The molecule has 0 aliphatic rings. The van der Waals surface area contributed by atoms with Crippen molar-refractivity contribution in [2.24, 2.45) is 0 Å². The first-order valence-corrected chi connectivity index (χ1v) is 4.40. The molecule has 0 bridgehead atoms. The minimum Gasteiger partial charge on any atom is -0.392 e. The quantitative estimate of drug-likeness (QED) is 0.678. The van der Waals surface area contributed by atoms with Crippen LogP contribution in [-0.2, 0) is 6.54 Å². The number of aromatic nitrogens is 4. The van der Waals surface area contributed by atoms with Crippen molar-refractivity contribution in [3.63, 3.8) is 0 Å². The molecule has 0 radical (unpaired) electrons. The second-order valence-corrected chi connectivity index (χ2v) is 3.29. The van der Waals surface area contributed by atoms with Gasteiger partial charge in [0.2, 0.25) is 11.9 Å². The van der Waals surface area contributed by atoms with Crippen LogP contribution < -0.4 is 5.73 Å². The maximum absolute atomic E-state index is 13.2. The number of nitrogens with two attached hydrogens (primary N) is 1.